The van der Waals surface area contributed by atoms with Crippen molar-refractivity contribution >= 4 is 27.3 Å². The van der Waals surface area contributed by atoms with Gasteiger partial charge in [-0.25, -0.2) is 4.98 Å². The summed E-state index contributed by atoms with van der Waals surface area (Å²) in [6.45, 7) is 2.17. The number of hydrogen-bond acceptors (Lipinski definition) is 7. The van der Waals surface area contributed by atoms with Crippen molar-refractivity contribution in [3.8, 4) is 0 Å². The van der Waals surface area contributed by atoms with Gasteiger partial charge in [-0.3, -0.25) is 14.6 Å². The third kappa shape index (κ3) is 3.10. The summed E-state index contributed by atoms with van der Waals surface area (Å²) in [5.41, 5.74) is 0.394. The van der Waals surface area contributed by atoms with Gasteiger partial charge >= 0.3 is 0 Å². The van der Waals surface area contributed by atoms with E-state index in [4.69, 9.17) is 0 Å². The molecule has 0 spiro atoms. The van der Waals surface area contributed by atoms with Crippen molar-refractivity contribution in [2.24, 2.45) is 0 Å². The first-order valence-corrected chi connectivity index (χ1v) is 8.85. The quantitative estimate of drug-likeness (QED) is 0.752. The van der Waals surface area contributed by atoms with Crippen LogP contribution in [0, 0.1) is 0 Å². The molecule has 4 heterocycles. The lowest BCUT2D eigenvalue weighted by molar-refractivity contribution is 0.0948. The minimum Gasteiger partial charge on any atom is -0.348 e. The number of nitrogens with one attached hydrogen (secondary N) is 1. The molecule has 1 N–H and O–H groups in total. The summed E-state index contributed by atoms with van der Waals surface area (Å²) in [4.78, 5) is 35.8. The number of hydrogen-bond donors (Lipinski definition) is 1. The van der Waals surface area contributed by atoms with Crippen molar-refractivity contribution in [3.05, 3.63) is 52.2 Å². The van der Waals surface area contributed by atoms with E-state index in [9.17, 15) is 9.59 Å². The van der Waals surface area contributed by atoms with Gasteiger partial charge in [-0.1, -0.05) is 17.4 Å². The molecule has 1 saturated heterocycles. The van der Waals surface area contributed by atoms with Crippen LogP contribution in [0.3, 0.4) is 0 Å². The third-order valence-electron chi connectivity index (χ3n) is 4.07. The second-order valence-corrected chi connectivity index (χ2v) is 6.73. The molecular formula is C16H16N6O2S. The second kappa shape index (κ2) is 6.60. The molecule has 0 bridgehead atoms. The maximum absolute atomic E-state index is 12.6. The average Bonchev–Trinajstić information content (AvgIpc) is 3.30. The van der Waals surface area contributed by atoms with Gasteiger partial charge in [0.1, 0.15) is 5.56 Å². The molecule has 1 aliphatic heterocycles. The van der Waals surface area contributed by atoms with Gasteiger partial charge in [-0.15, -0.1) is 5.10 Å². The van der Waals surface area contributed by atoms with E-state index < -0.39 is 11.5 Å². The highest BCUT2D eigenvalue weighted by Crippen LogP contribution is 2.24. The van der Waals surface area contributed by atoms with Gasteiger partial charge in [0.15, 0.2) is 0 Å². The molecule has 0 saturated carbocycles. The Morgan fingerprint density at radius 2 is 2.12 bits per heavy atom. The van der Waals surface area contributed by atoms with Crippen molar-refractivity contribution in [2.45, 2.75) is 19.4 Å². The van der Waals surface area contributed by atoms with Gasteiger partial charge < -0.3 is 10.2 Å². The molecule has 1 aliphatic rings. The number of anilines is 1. The van der Waals surface area contributed by atoms with Gasteiger partial charge in [0, 0.05) is 38.2 Å². The van der Waals surface area contributed by atoms with E-state index in [2.05, 4.69) is 25.3 Å². The maximum Gasteiger partial charge on any atom is 0.288 e. The molecule has 8 nitrogen and oxygen atoms in total. The predicted octanol–water partition coefficient (Wildman–Crippen LogP) is 1.08. The lowest BCUT2D eigenvalue weighted by atomic mass is 10.2. The van der Waals surface area contributed by atoms with Gasteiger partial charge in [0.2, 0.25) is 10.1 Å². The minimum atomic E-state index is -0.466. The number of rotatable bonds is 4. The molecule has 128 valence electrons. The molecule has 0 aliphatic carbocycles. The fourth-order valence-electron chi connectivity index (χ4n) is 2.75. The van der Waals surface area contributed by atoms with Gasteiger partial charge in [-0.2, -0.15) is 4.52 Å². The zero-order valence-corrected chi connectivity index (χ0v) is 14.2. The van der Waals surface area contributed by atoms with E-state index in [0.717, 1.165) is 36.6 Å². The van der Waals surface area contributed by atoms with E-state index in [1.54, 1.807) is 18.5 Å². The standard InChI is InChI=1S/C16H16N6O2S/c23-13(18-9-11-4-3-5-17-8-11)12-10-19-15-22(14(12)24)20-16(25-15)21-6-1-2-7-21/h3-5,8,10H,1-2,6-7,9H2,(H,18,23). The van der Waals surface area contributed by atoms with E-state index in [1.807, 2.05) is 6.07 Å². The van der Waals surface area contributed by atoms with E-state index in [0.29, 0.717) is 11.5 Å². The van der Waals surface area contributed by atoms with Crippen molar-refractivity contribution in [2.75, 3.05) is 18.0 Å². The fraction of sp³-hybridized carbons (Fsp3) is 0.312. The molecule has 0 unspecified atom stereocenters. The summed E-state index contributed by atoms with van der Waals surface area (Å²) >= 11 is 1.37. The number of fused-ring (bicyclic) bond motifs is 1. The molecule has 25 heavy (non-hydrogen) atoms. The highest BCUT2D eigenvalue weighted by atomic mass is 32.1. The first kappa shape index (κ1) is 15.7. The van der Waals surface area contributed by atoms with Crippen LogP contribution < -0.4 is 15.8 Å². The Kier molecular flexibility index (Phi) is 4.14. The Bertz CT molecular complexity index is 962. The molecule has 9 heteroatoms. The molecule has 1 amide bonds. The molecular weight excluding hydrogens is 340 g/mol. The van der Waals surface area contributed by atoms with Crippen LogP contribution in [0.4, 0.5) is 5.13 Å². The van der Waals surface area contributed by atoms with Crippen LogP contribution in [0.1, 0.15) is 28.8 Å². The summed E-state index contributed by atoms with van der Waals surface area (Å²) in [5.74, 6) is -0.466. The zero-order valence-electron chi connectivity index (χ0n) is 13.4. The van der Waals surface area contributed by atoms with Crippen molar-refractivity contribution in [1.29, 1.82) is 0 Å². The molecule has 0 atom stereocenters. The highest BCUT2D eigenvalue weighted by Gasteiger charge is 2.20. The summed E-state index contributed by atoms with van der Waals surface area (Å²) < 4.78 is 1.22. The zero-order chi connectivity index (χ0) is 17.2. The number of aromatic nitrogens is 4. The Hall–Kier alpha value is -2.81. The highest BCUT2D eigenvalue weighted by molar-refractivity contribution is 7.20. The first-order valence-electron chi connectivity index (χ1n) is 8.03. The van der Waals surface area contributed by atoms with Crippen LogP contribution in [0.5, 0.6) is 0 Å². The third-order valence-corrected chi connectivity index (χ3v) is 5.06. The Balaban J connectivity index is 1.58. The monoisotopic (exact) mass is 356 g/mol. The van der Waals surface area contributed by atoms with Crippen molar-refractivity contribution in [3.63, 3.8) is 0 Å². The van der Waals surface area contributed by atoms with Crippen LogP contribution in [0.2, 0.25) is 0 Å². The van der Waals surface area contributed by atoms with Crippen LogP contribution in [-0.4, -0.2) is 38.6 Å². The van der Waals surface area contributed by atoms with Crippen LogP contribution in [-0.2, 0) is 6.54 Å². The molecule has 0 aromatic carbocycles. The van der Waals surface area contributed by atoms with Crippen molar-refractivity contribution in [1.82, 2.24) is 24.9 Å². The number of amides is 1. The number of pyridine rings is 1. The Morgan fingerprint density at radius 3 is 2.88 bits per heavy atom. The average molecular weight is 356 g/mol. The normalized spacial score (nSPS) is 14.2. The van der Waals surface area contributed by atoms with Gasteiger partial charge in [0.05, 0.1) is 0 Å². The summed E-state index contributed by atoms with van der Waals surface area (Å²) in [5, 5.41) is 7.84. The van der Waals surface area contributed by atoms with Gasteiger partial charge in [-0.05, 0) is 24.5 Å². The molecule has 4 rings (SSSR count). The van der Waals surface area contributed by atoms with E-state index >= 15 is 0 Å². The van der Waals surface area contributed by atoms with Crippen LogP contribution >= 0.6 is 11.3 Å². The first-order chi connectivity index (χ1) is 12.2. The van der Waals surface area contributed by atoms with E-state index in [1.165, 1.54) is 22.0 Å². The van der Waals surface area contributed by atoms with Crippen molar-refractivity contribution < 1.29 is 4.79 Å². The van der Waals surface area contributed by atoms with Gasteiger partial charge in [0.25, 0.3) is 11.5 Å². The summed E-state index contributed by atoms with van der Waals surface area (Å²) in [6.07, 6.45) is 6.90. The maximum atomic E-state index is 12.6. The minimum absolute atomic E-state index is 0.0142. The molecule has 3 aromatic heterocycles. The number of carbonyl (C=O) groups excluding carboxylic acids is 1. The van der Waals surface area contributed by atoms with E-state index in [-0.39, 0.29) is 5.56 Å². The SMILES string of the molecule is O=C(NCc1cccnc1)c1cnc2sc(N3CCCC3)nn2c1=O. The Morgan fingerprint density at radius 1 is 1.28 bits per heavy atom. The molecule has 0 radical (unpaired) electrons. The smallest absolute Gasteiger partial charge is 0.288 e. The lowest BCUT2D eigenvalue weighted by Gasteiger charge is -2.10. The van der Waals surface area contributed by atoms with Crippen LogP contribution in [0.25, 0.3) is 4.96 Å². The summed E-state index contributed by atoms with van der Waals surface area (Å²) in [7, 11) is 0. The number of carbonyl (C=O) groups is 1. The Labute approximate surface area is 147 Å². The molecule has 3 aromatic rings. The lowest BCUT2D eigenvalue weighted by Crippen LogP contribution is -2.31. The second-order valence-electron chi connectivity index (χ2n) is 5.79. The molecule has 1 fully saturated rings. The predicted molar refractivity (Wildman–Crippen MR) is 94.0 cm³/mol. The van der Waals surface area contributed by atoms with Crippen LogP contribution in [0.15, 0.2) is 35.5 Å². The fourth-order valence-corrected chi connectivity index (χ4v) is 3.66. The number of nitrogens with zero attached hydrogens (tertiary/aromatic N) is 5. The largest absolute Gasteiger partial charge is 0.348 e. The topological polar surface area (TPSA) is 92.5 Å². The summed E-state index contributed by atoms with van der Waals surface area (Å²) in [6, 6.07) is 3.64.